The highest BCUT2D eigenvalue weighted by molar-refractivity contribution is 5.93. The number of aromatic carboxylic acids is 1. The molecule has 1 aliphatic carbocycles. The first kappa shape index (κ1) is 11.9. The van der Waals surface area contributed by atoms with Crippen LogP contribution in [-0.4, -0.2) is 22.1 Å². The van der Waals surface area contributed by atoms with Crippen LogP contribution in [0.1, 0.15) is 42.2 Å². The van der Waals surface area contributed by atoms with Gasteiger partial charge in [-0.15, -0.1) is 0 Å². The van der Waals surface area contributed by atoms with Crippen LogP contribution in [0.2, 0.25) is 0 Å². The summed E-state index contributed by atoms with van der Waals surface area (Å²) in [4.78, 5) is 15.1. The van der Waals surface area contributed by atoms with Crippen LogP contribution in [0, 0.1) is 12.8 Å². The molecule has 1 heterocycles. The Balaban J connectivity index is 2.11. The summed E-state index contributed by atoms with van der Waals surface area (Å²) in [5.74, 6) is -0.104. The number of carboxylic acids is 1. The van der Waals surface area contributed by atoms with Crippen LogP contribution in [0.15, 0.2) is 12.3 Å². The summed E-state index contributed by atoms with van der Waals surface area (Å²) in [7, 11) is 0. The van der Waals surface area contributed by atoms with Crippen molar-refractivity contribution in [2.24, 2.45) is 5.92 Å². The molecule has 17 heavy (non-hydrogen) atoms. The smallest absolute Gasteiger partial charge is 0.339 e. The molecular formula is C13H18N2O2. The van der Waals surface area contributed by atoms with Crippen molar-refractivity contribution in [3.8, 4) is 0 Å². The average molecular weight is 234 g/mol. The number of nitrogens with one attached hydrogen (secondary N) is 1. The van der Waals surface area contributed by atoms with E-state index in [1.807, 2.05) is 6.92 Å². The lowest BCUT2D eigenvalue weighted by atomic mass is 10.1. The number of rotatable bonds is 5. The number of hydrogen-bond donors (Lipinski definition) is 2. The fourth-order valence-corrected chi connectivity index (χ4v) is 2.03. The molecule has 0 bridgehead atoms. The fraction of sp³-hybridized carbons (Fsp3) is 0.538. The molecule has 1 aliphatic rings. The Morgan fingerprint density at radius 1 is 1.65 bits per heavy atom. The van der Waals surface area contributed by atoms with Gasteiger partial charge in [0, 0.05) is 17.9 Å². The molecule has 2 N–H and O–H groups in total. The molecule has 4 nitrogen and oxygen atoms in total. The van der Waals surface area contributed by atoms with E-state index in [-0.39, 0.29) is 5.56 Å². The zero-order valence-corrected chi connectivity index (χ0v) is 10.2. The highest BCUT2D eigenvalue weighted by Crippen LogP contribution is 2.34. The van der Waals surface area contributed by atoms with Gasteiger partial charge in [-0.25, -0.2) is 4.79 Å². The molecule has 0 spiro atoms. The number of pyridine rings is 1. The Morgan fingerprint density at radius 2 is 2.35 bits per heavy atom. The first-order valence-corrected chi connectivity index (χ1v) is 6.02. The third kappa shape index (κ3) is 3.19. The highest BCUT2D eigenvalue weighted by Gasteiger charge is 2.24. The van der Waals surface area contributed by atoms with Crippen LogP contribution in [-0.2, 0) is 0 Å². The molecule has 2 rings (SSSR count). The number of carboxylic acid groups (broad SMARTS) is 1. The van der Waals surface area contributed by atoms with Crippen LogP contribution in [0.5, 0.6) is 0 Å². The molecule has 0 aromatic carbocycles. The van der Waals surface area contributed by atoms with Gasteiger partial charge in [-0.3, -0.25) is 4.98 Å². The minimum absolute atomic E-state index is 0.248. The van der Waals surface area contributed by atoms with Gasteiger partial charge in [-0.2, -0.15) is 0 Å². The van der Waals surface area contributed by atoms with Crippen LogP contribution in [0.4, 0.5) is 5.69 Å². The van der Waals surface area contributed by atoms with Crippen molar-refractivity contribution in [3.05, 3.63) is 23.5 Å². The second-order valence-electron chi connectivity index (χ2n) is 4.90. The zero-order valence-electron chi connectivity index (χ0n) is 10.2. The fourth-order valence-electron chi connectivity index (χ4n) is 2.03. The number of nitrogens with zero attached hydrogens (tertiary/aromatic N) is 1. The molecule has 0 amide bonds. The van der Waals surface area contributed by atoms with Gasteiger partial charge in [-0.1, -0.05) is 12.8 Å². The van der Waals surface area contributed by atoms with E-state index in [2.05, 4.69) is 17.2 Å². The van der Waals surface area contributed by atoms with Crippen LogP contribution in [0.3, 0.4) is 0 Å². The zero-order chi connectivity index (χ0) is 12.4. The van der Waals surface area contributed by atoms with Gasteiger partial charge in [0.2, 0.25) is 0 Å². The van der Waals surface area contributed by atoms with Crippen molar-refractivity contribution < 1.29 is 9.90 Å². The van der Waals surface area contributed by atoms with Gasteiger partial charge in [0.05, 0.1) is 5.69 Å². The lowest BCUT2D eigenvalue weighted by Crippen LogP contribution is -2.18. The predicted octanol–water partition coefficient (Wildman–Crippen LogP) is 2.69. The summed E-state index contributed by atoms with van der Waals surface area (Å²) >= 11 is 0. The maximum absolute atomic E-state index is 11.1. The van der Waals surface area contributed by atoms with Crippen molar-refractivity contribution in [1.82, 2.24) is 4.98 Å². The van der Waals surface area contributed by atoms with Gasteiger partial charge < -0.3 is 10.4 Å². The van der Waals surface area contributed by atoms with E-state index >= 15 is 0 Å². The number of hydrogen-bond acceptors (Lipinski definition) is 3. The predicted molar refractivity (Wildman–Crippen MR) is 66.4 cm³/mol. The average Bonchev–Trinajstić information content (AvgIpc) is 3.00. The molecule has 0 saturated heterocycles. The topological polar surface area (TPSA) is 62.2 Å². The Morgan fingerprint density at radius 3 is 2.94 bits per heavy atom. The lowest BCUT2D eigenvalue weighted by molar-refractivity contribution is 0.0697. The Kier molecular flexibility index (Phi) is 3.31. The Hall–Kier alpha value is -1.58. The Labute approximate surface area is 101 Å². The van der Waals surface area contributed by atoms with Crippen molar-refractivity contribution >= 4 is 11.7 Å². The number of anilines is 1. The van der Waals surface area contributed by atoms with Gasteiger partial charge in [-0.05, 0) is 32.3 Å². The van der Waals surface area contributed by atoms with E-state index in [1.165, 1.54) is 19.0 Å². The van der Waals surface area contributed by atoms with Crippen molar-refractivity contribution in [2.75, 3.05) is 5.32 Å². The molecule has 0 aliphatic heterocycles. The van der Waals surface area contributed by atoms with Crippen molar-refractivity contribution in [3.63, 3.8) is 0 Å². The second kappa shape index (κ2) is 4.73. The molecule has 0 radical (unpaired) electrons. The lowest BCUT2D eigenvalue weighted by Gasteiger charge is -2.16. The number of carbonyl (C=O) groups is 1. The van der Waals surface area contributed by atoms with Gasteiger partial charge in [0.25, 0.3) is 0 Å². The molecule has 4 heteroatoms. The SMILES string of the molecule is Cc1cc(NC(C)CC2CC2)c(C(=O)O)cn1. The maximum Gasteiger partial charge on any atom is 0.339 e. The third-order valence-corrected chi connectivity index (χ3v) is 3.06. The molecule has 1 unspecified atom stereocenters. The van der Waals surface area contributed by atoms with E-state index in [0.717, 1.165) is 18.0 Å². The van der Waals surface area contributed by atoms with Crippen LogP contribution < -0.4 is 5.32 Å². The summed E-state index contributed by atoms with van der Waals surface area (Å²) < 4.78 is 0. The van der Waals surface area contributed by atoms with Crippen molar-refractivity contribution in [2.45, 2.75) is 39.2 Å². The normalized spacial score (nSPS) is 16.6. The summed E-state index contributed by atoms with van der Waals surface area (Å²) in [6.07, 6.45) is 5.16. The number of aromatic nitrogens is 1. The van der Waals surface area contributed by atoms with E-state index < -0.39 is 5.97 Å². The van der Waals surface area contributed by atoms with Crippen molar-refractivity contribution in [1.29, 1.82) is 0 Å². The monoisotopic (exact) mass is 234 g/mol. The maximum atomic E-state index is 11.1. The Bertz CT molecular complexity index is 427. The molecule has 1 atom stereocenters. The molecule has 92 valence electrons. The van der Waals surface area contributed by atoms with Gasteiger partial charge in [0.15, 0.2) is 0 Å². The van der Waals surface area contributed by atoms with E-state index in [9.17, 15) is 4.79 Å². The van der Waals surface area contributed by atoms with E-state index in [0.29, 0.717) is 11.7 Å². The molecule has 1 aromatic heterocycles. The molecule has 1 saturated carbocycles. The first-order valence-electron chi connectivity index (χ1n) is 6.02. The summed E-state index contributed by atoms with van der Waals surface area (Å²) in [5.41, 5.74) is 1.76. The molecular weight excluding hydrogens is 216 g/mol. The summed E-state index contributed by atoms with van der Waals surface area (Å²) in [6, 6.07) is 2.11. The van der Waals surface area contributed by atoms with Crippen LogP contribution >= 0.6 is 0 Å². The minimum Gasteiger partial charge on any atom is -0.478 e. The minimum atomic E-state index is -0.932. The van der Waals surface area contributed by atoms with Gasteiger partial charge >= 0.3 is 5.97 Å². The molecule has 1 fully saturated rings. The highest BCUT2D eigenvalue weighted by atomic mass is 16.4. The standard InChI is InChI=1S/C13H18N2O2/c1-8-6-12(11(7-14-8)13(16)17)15-9(2)5-10-3-4-10/h6-7,9-10H,3-5H2,1-2H3,(H,14,15)(H,16,17). The largest absolute Gasteiger partial charge is 0.478 e. The molecule has 1 aromatic rings. The van der Waals surface area contributed by atoms with Crippen LogP contribution in [0.25, 0.3) is 0 Å². The van der Waals surface area contributed by atoms with Gasteiger partial charge in [0.1, 0.15) is 5.56 Å². The quantitative estimate of drug-likeness (QED) is 0.822. The van der Waals surface area contributed by atoms with E-state index in [4.69, 9.17) is 5.11 Å². The summed E-state index contributed by atoms with van der Waals surface area (Å²) in [5, 5.41) is 12.4. The van der Waals surface area contributed by atoms with E-state index in [1.54, 1.807) is 6.07 Å². The third-order valence-electron chi connectivity index (χ3n) is 3.06. The number of aryl methyl sites for hydroxylation is 1. The first-order chi connectivity index (χ1) is 8.06. The second-order valence-corrected chi connectivity index (χ2v) is 4.90. The summed E-state index contributed by atoms with van der Waals surface area (Å²) in [6.45, 7) is 3.96.